The summed E-state index contributed by atoms with van der Waals surface area (Å²) < 4.78 is 42.3. The van der Waals surface area contributed by atoms with E-state index >= 15 is 0 Å². The Hall–Kier alpha value is -3.67. The van der Waals surface area contributed by atoms with Crippen LogP contribution in [0.15, 0.2) is 48.8 Å². The summed E-state index contributed by atoms with van der Waals surface area (Å²) in [6, 6.07) is 13.4. The molecule has 0 unspecified atom stereocenters. The summed E-state index contributed by atoms with van der Waals surface area (Å²) in [6.45, 7) is -0.135. The number of carbonyl (C=O) groups is 1. The SMILES string of the molecule is Cn1cnnc1C[C@]1(c2cccc(N3Cc4c(cccc4C(F)(F)F)C3=O)c2)C[C@H](C#N)C1. The van der Waals surface area contributed by atoms with Crippen LogP contribution in [0.5, 0.6) is 0 Å². The van der Waals surface area contributed by atoms with Crippen LogP contribution in [0.1, 0.15) is 45.7 Å². The highest BCUT2D eigenvalue weighted by Gasteiger charge is 2.47. The molecule has 1 aliphatic carbocycles. The second-order valence-electron chi connectivity index (χ2n) is 8.82. The first-order valence-electron chi connectivity index (χ1n) is 10.6. The lowest BCUT2D eigenvalue weighted by Gasteiger charge is -2.45. The van der Waals surface area contributed by atoms with Gasteiger partial charge in [0.25, 0.3) is 5.91 Å². The van der Waals surface area contributed by atoms with E-state index in [4.69, 9.17) is 0 Å². The number of nitrogens with zero attached hydrogens (tertiary/aromatic N) is 5. The van der Waals surface area contributed by atoms with Gasteiger partial charge in [-0.2, -0.15) is 18.4 Å². The number of halogens is 3. The Morgan fingerprint density at radius 3 is 2.64 bits per heavy atom. The maximum Gasteiger partial charge on any atom is 0.416 e. The molecule has 1 aliphatic heterocycles. The predicted molar refractivity (Wildman–Crippen MR) is 113 cm³/mol. The number of aromatic nitrogens is 3. The van der Waals surface area contributed by atoms with Crippen molar-refractivity contribution in [2.45, 2.75) is 37.4 Å². The average Bonchev–Trinajstić information content (AvgIpc) is 3.32. The molecule has 1 fully saturated rings. The zero-order valence-corrected chi connectivity index (χ0v) is 17.8. The van der Waals surface area contributed by atoms with Crippen molar-refractivity contribution in [3.63, 3.8) is 0 Å². The fourth-order valence-electron chi connectivity index (χ4n) is 5.04. The zero-order valence-electron chi connectivity index (χ0n) is 17.8. The number of alkyl halides is 3. The molecule has 1 amide bonds. The first kappa shape index (κ1) is 21.2. The van der Waals surface area contributed by atoms with Gasteiger partial charge >= 0.3 is 6.18 Å². The summed E-state index contributed by atoms with van der Waals surface area (Å²) >= 11 is 0. The molecule has 0 radical (unpaired) electrons. The van der Waals surface area contributed by atoms with E-state index in [0.29, 0.717) is 24.9 Å². The fraction of sp³-hybridized carbons (Fsp3) is 0.333. The summed E-state index contributed by atoms with van der Waals surface area (Å²) in [5.41, 5.74) is 0.444. The van der Waals surface area contributed by atoms with E-state index in [9.17, 15) is 23.2 Å². The lowest BCUT2D eigenvalue weighted by atomic mass is 9.57. The maximum absolute atomic E-state index is 13.5. The number of fused-ring (bicyclic) bond motifs is 1. The van der Waals surface area contributed by atoms with Gasteiger partial charge in [-0.25, -0.2) is 0 Å². The summed E-state index contributed by atoms with van der Waals surface area (Å²) in [4.78, 5) is 14.4. The molecule has 168 valence electrons. The third-order valence-corrected chi connectivity index (χ3v) is 6.80. The quantitative estimate of drug-likeness (QED) is 0.589. The third-order valence-electron chi connectivity index (χ3n) is 6.80. The van der Waals surface area contributed by atoms with Crippen LogP contribution in [-0.2, 0) is 31.6 Å². The highest BCUT2D eigenvalue weighted by molar-refractivity contribution is 6.10. The molecule has 2 aliphatic rings. The zero-order chi connectivity index (χ0) is 23.4. The van der Waals surface area contributed by atoms with Crippen LogP contribution in [0, 0.1) is 17.2 Å². The Kier molecular flexibility index (Phi) is 4.78. The first-order chi connectivity index (χ1) is 15.7. The molecule has 33 heavy (non-hydrogen) atoms. The molecule has 5 rings (SSSR count). The minimum atomic E-state index is -4.53. The molecular weight excluding hydrogens is 431 g/mol. The lowest BCUT2D eigenvalue weighted by Crippen LogP contribution is -2.43. The van der Waals surface area contributed by atoms with Crippen LogP contribution in [0.3, 0.4) is 0 Å². The number of amides is 1. The van der Waals surface area contributed by atoms with E-state index in [2.05, 4.69) is 16.3 Å². The van der Waals surface area contributed by atoms with Crippen LogP contribution in [0.2, 0.25) is 0 Å². The Labute approximate surface area is 188 Å². The molecule has 1 aromatic heterocycles. The second kappa shape index (κ2) is 7.44. The highest BCUT2D eigenvalue weighted by Crippen LogP contribution is 2.50. The van der Waals surface area contributed by atoms with Crippen molar-refractivity contribution < 1.29 is 18.0 Å². The third kappa shape index (κ3) is 3.46. The number of rotatable bonds is 4. The van der Waals surface area contributed by atoms with Crippen molar-refractivity contribution in [1.82, 2.24) is 14.8 Å². The van der Waals surface area contributed by atoms with Gasteiger partial charge in [-0.1, -0.05) is 18.2 Å². The minimum absolute atomic E-state index is 0.00221. The number of carbonyl (C=O) groups excluding carboxylic acids is 1. The molecule has 1 saturated carbocycles. The molecule has 3 aromatic rings. The van der Waals surface area contributed by atoms with Gasteiger partial charge in [-0.15, -0.1) is 10.2 Å². The highest BCUT2D eigenvalue weighted by atomic mass is 19.4. The first-order valence-corrected chi connectivity index (χ1v) is 10.6. The van der Waals surface area contributed by atoms with Gasteiger partial charge in [-0.05, 0) is 48.2 Å². The number of anilines is 1. The van der Waals surface area contributed by atoms with Crippen LogP contribution in [0.25, 0.3) is 0 Å². The van der Waals surface area contributed by atoms with Crippen LogP contribution in [-0.4, -0.2) is 20.7 Å². The van der Waals surface area contributed by atoms with Crippen LogP contribution in [0.4, 0.5) is 18.9 Å². The van der Waals surface area contributed by atoms with Crippen molar-refractivity contribution >= 4 is 11.6 Å². The number of benzene rings is 2. The monoisotopic (exact) mass is 451 g/mol. The Morgan fingerprint density at radius 1 is 1.21 bits per heavy atom. The van der Waals surface area contributed by atoms with E-state index in [1.165, 1.54) is 17.0 Å². The van der Waals surface area contributed by atoms with Crippen LogP contribution >= 0.6 is 0 Å². The number of aryl methyl sites for hydroxylation is 1. The summed E-state index contributed by atoms with van der Waals surface area (Å²) in [7, 11) is 1.86. The van der Waals surface area contributed by atoms with E-state index in [0.717, 1.165) is 17.5 Å². The summed E-state index contributed by atoms with van der Waals surface area (Å²) in [5.74, 6) is 0.268. The molecule has 0 N–H and O–H groups in total. The van der Waals surface area contributed by atoms with Gasteiger partial charge in [0.05, 0.1) is 18.2 Å². The van der Waals surface area contributed by atoms with Gasteiger partial charge in [0.15, 0.2) is 0 Å². The van der Waals surface area contributed by atoms with Gasteiger partial charge in [0.2, 0.25) is 0 Å². The van der Waals surface area contributed by atoms with Gasteiger partial charge in [0, 0.05) is 36.1 Å². The Balaban J connectivity index is 1.50. The smallest absolute Gasteiger partial charge is 0.321 e. The Morgan fingerprint density at radius 2 is 1.97 bits per heavy atom. The molecule has 9 heteroatoms. The topological polar surface area (TPSA) is 74.8 Å². The largest absolute Gasteiger partial charge is 0.416 e. The second-order valence-corrected chi connectivity index (χ2v) is 8.82. The number of hydrogen-bond acceptors (Lipinski definition) is 4. The van der Waals surface area contributed by atoms with E-state index in [1.807, 2.05) is 29.8 Å². The number of hydrogen-bond donors (Lipinski definition) is 0. The summed E-state index contributed by atoms with van der Waals surface area (Å²) in [5, 5.41) is 17.5. The fourth-order valence-corrected chi connectivity index (χ4v) is 5.04. The van der Waals surface area contributed by atoms with Gasteiger partial charge < -0.3 is 9.47 Å². The molecule has 0 saturated heterocycles. The number of nitriles is 1. The normalized spacial score (nSPS) is 22.1. The van der Waals surface area contributed by atoms with Crippen molar-refractivity contribution in [2.24, 2.45) is 13.0 Å². The Bertz CT molecular complexity index is 1280. The molecule has 2 aromatic carbocycles. The maximum atomic E-state index is 13.5. The van der Waals surface area contributed by atoms with Crippen molar-refractivity contribution in [3.8, 4) is 6.07 Å². The molecule has 0 spiro atoms. The molecule has 2 heterocycles. The molecular formula is C24H20F3N5O. The minimum Gasteiger partial charge on any atom is -0.321 e. The standard InChI is InChI=1S/C24H20F3N5O/c1-31-14-29-30-21(31)11-23(9-15(10-23)12-28)16-4-2-5-17(8-16)32-13-19-18(22(32)33)6-3-7-20(19)24(25,26)27/h2-8,14-15H,9-11,13H2,1H3/t15-,23-. The van der Waals surface area contributed by atoms with E-state index in [1.54, 1.807) is 12.4 Å². The summed E-state index contributed by atoms with van der Waals surface area (Å²) in [6.07, 6.45) is -1.03. The molecule has 0 bridgehead atoms. The predicted octanol–water partition coefficient (Wildman–Crippen LogP) is 4.41. The van der Waals surface area contributed by atoms with E-state index < -0.39 is 17.6 Å². The molecule has 0 atom stereocenters. The van der Waals surface area contributed by atoms with Crippen LogP contribution < -0.4 is 4.90 Å². The average molecular weight is 451 g/mol. The van der Waals surface area contributed by atoms with Crippen molar-refractivity contribution in [2.75, 3.05) is 4.90 Å². The van der Waals surface area contributed by atoms with Gasteiger partial charge in [0.1, 0.15) is 12.2 Å². The molecule has 6 nitrogen and oxygen atoms in total. The van der Waals surface area contributed by atoms with Crippen molar-refractivity contribution in [3.05, 3.63) is 76.9 Å². The lowest BCUT2D eigenvalue weighted by molar-refractivity contribution is -0.138. The van der Waals surface area contributed by atoms with Crippen molar-refractivity contribution in [1.29, 1.82) is 5.26 Å². The van der Waals surface area contributed by atoms with Gasteiger partial charge in [-0.3, -0.25) is 4.79 Å². The van der Waals surface area contributed by atoms with E-state index in [-0.39, 0.29) is 29.0 Å².